The predicted molar refractivity (Wildman–Crippen MR) is 102 cm³/mol. The van der Waals surface area contributed by atoms with Crippen LogP contribution in [-0.2, 0) is 0 Å². The minimum absolute atomic E-state index is 0.391. The van der Waals surface area contributed by atoms with Crippen molar-refractivity contribution in [1.82, 2.24) is 9.99 Å². The molecule has 0 aliphatic carbocycles. The number of benzene rings is 1. The number of nitrogens with zero attached hydrogens (tertiary/aromatic N) is 3. The van der Waals surface area contributed by atoms with E-state index in [0.29, 0.717) is 5.69 Å². The number of halogens is 1. The molecule has 136 valence electrons. The van der Waals surface area contributed by atoms with Crippen molar-refractivity contribution >= 4 is 24.1 Å². The summed E-state index contributed by atoms with van der Waals surface area (Å²) in [6.07, 6.45) is 7.42. The maximum Gasteiger partial charge on any atom is 0.164 e. The Kier molecular flexibility index (Phi) is 6.46. The van der Waals surface area contributed by atoms with E-state index in [1.54, 1.807) is 30.5 Å². The van der Waals surface area contributed by atoms with E-state index in [1.165, 1.54) is 18.2 Å². The Hall–Kier alpha value is -3.19. The molecule has 1 atom stereocenters. The molecular weight excluding hydrogens is 335 g/mol. The molecule has 0 aliphatic heterocycles. The first-order valence-corrected chi connectivity index (χ1v) is 7.84. The van der Waals surface area contributed by atoms with Gasteiger partial charge in [-0.05, 0) is 42.3 Å². The van der Waals surface area contributed by atoms with Crippen molar-refractivity contribution in [2.45, 2.75) is 13.2 Å². The molecule has 2 aromatic rings. The highest BCUT2D eigenvalue weighted by Crippen LogP contribution is 2.22. The van der Waals surface area contributed by atoms with E-state index in [-0.39, 0.29) is 0 Å². The monoisotopic (exact) mass is 356 g/mol. The number of aliphatic hydroxyl groups is 1. The number of allylic oxidation sites excluding steroid dienone is 1. The highest BCUT2D eigenvalue weighted by Gasteiger charge is 2.06. The number of nitrogens with one attached hydrogen (secondary N) is 1. The first-order chi connectivity index (χ1) is 12.4. The molecule has 0 saturated heterocycles. The molecule has 1 aromatic carbocycles. The third kappa shape index (κ3) is 5.15. The third-order valence-electron chi connectivity index (χ3n) is 3.60. The molecule has 0 aliphatic rings. The number of hydrazone groups is 1. The molecular formula is C19H21FN4O2. The van der Waals surface area contributed by atoms with E-state index in [2.05, 4.69) is 22.1 Å². The number of aromatic hydroxyl groups is 1. The number of aromatic nitrogens is 1. The Balaban J connectivity index is 2.15. The van der Waals surface area contributed by atoms with Gasteiger partial charge in [-0.1, -0.05) is 6.08 Å². The van der Waals surface area contributed by atoms with E-state index in [4.69, 9.17) is 0 Å². The number of anilines is 1. The van der Waals surface area contributed by atoms with Crippen LogP contribution >= 0.6 is 0 Å². The van der Waals surface area contributed by atoms with Gasteiger partial charge in [-0.3, -0.25) is 9.99 Å². The van der Waals surface area contributed by atoms with Crippen LogP contribution < -0.4 is 5.32 Å². The zero-order valence-electron chi connectivity index (χ0n) is 14.6. The first-order valence-electron chi connectivity index (χ1n) is 7.84. The molecule has 2 rings (SSSR count). The van der Waals surface area contributed by atoms with Crippen LogP contribution in [0.3, 0.4) is 0 Å². The molecule has 0 fully saturated rings. The molecule has 1 unspecified atom stereocenters. The van der Waals surface area contributed by atoms with Crippen LogP contribution in [0.25, 0.3) is 11.6 Å². The average Bonchev–Trinajstić information content (AvgIpc) is 2.63. The lowest BCUT2D eigenvalue weighted by atomic mass is 10.0. The van der Waals surface area contributed by atoms with Crippen LogP contribution in [0.15, 0.2) is 54.0 Å². The zero-order valence-corrected chi connectivity index (χ0v) is 14.6. The smallest absolute Gasteiger partial charge is 0.164 e. The number of rotatable bonds is 7. The van der Waals surface area contributed by atoms with E-state index in [0.717, 1.165) is 22.8 Å². The molecule has 3 N–H and O–H groups in total. The lowest BCUT2D eigenvalue weighted by molar-refractivity contribution is 0.253. The van der Waals surface area contributed by atoms with Gasteiger partial charge in [0.25, 0.3) is 0 Å². The molecule has 1 heterocycles. The van der Waals surface area contributed by atoms with Gasteiger partial charge in [-0.25, -0.2) is 4.39 Å². The first kappa shape index (κ1) is 19.1. The SMILES string of the molecule is C=NN(C)/C=C(\C)c1ccncc1/C=C/C(O)Nc1ccc(F)c(O)c1. The number of aliphatic hydroxyl groups excluding tert-OH is 1. The number of hydrogen-bond acceptors (Lipinski definition) is 6. The molecule has 0 amide bonds. The van der Waals surface area contributed by atoms with Crippen LogP contribution in [0.4, 0.5) is 10.1 Å². The summed E-state index contributed by atoms with van der Waals surface area (Å²) in [6.45, 7) is 5.40. The highest BCUT2D eigenvalue weighted by atomic mass is 19.1. The van der Waals surface area contributed by atoms with Crippen molar-refractivity contribution in [2.75, 3.05) is 12.4 Å². The molecule has 26 heavy (non-hydrogen) atoms. The molecule has 0 radical (unpaired) electrons. The van der Waals surface area contributed by atoms with Crippen molar-refractivity contribution in [3.63, 3.8) is 0 Å². The number of pyridine rings is 1. The average molecular weight is 356 g/mol. The summed E-state index contributed by atoms with van der Waals surface area (Å²) >= 11 is 0. The maximum absolute atomic E-state index is 13.1. The maximum atomic E-state index is 13.1. The quantitative estimate of drug-likeness (QED) is 0.403. The zero-order chi connectivity index (χ0) is 19.1. The van der Waals surface area contributed by atoms with Gasteiger partial charge in [0, 0.05) is 49.7 Å². The lowest BCUT2D eigenvalue weighted by Crippen LogP contribution is -2.15. The molecule has 6 nitrogen and oxygen atoms in total. The summed E-state index contributed by atoms with van der Waals surface area (Å²) in [7, 11) is 1.78. The second-order valence-electron chi connectivity index (χ2n) is 5.60. The predicted octanol–water partition coefficient (Wildman–Crippen LogP) is 3.28. The van der Waals surface area contributed by atoms with Gasteiger partial charge in [-0.2, -0.15) is 5.10 Å². The summed E-state index contributed by atoms with van der Waals surface area (Å²) < 4.78 is 13.1. The van der Waals surface area contributed by atoms with E-state index in [1.807, 2.05) is 19.2 Å². The fourth-order valence-corrected chi connectivity index (χ4v) is 2.31. The highest BCUT2D eigenvalue weighted by molar-refractivity contribution is 5.72. The van der Waals surface area contributed by atoms with Gasteiger partial charge < -0.3 is 15.5 Å². The molecule has 0 bridgehead atoms. The molecule has 0 spiro atoms. The van der Waals surface area contributed by atoms with E-state index >= 15 is 0 Å². The van der Waals surface area contributed by atoms with E-state index < -0.39 is 17.8 Å². The third-order valence-corrected chi connectivity index (χ3v) is 3.60. The Morgan fingerprint density at radius 3 is 2.88 bits per heavy atom. The fraction of sp³-hybridized carbons (Fsp3) is 0.158. The van der Waals surface area contributed by atoms with Crippen LogP contribution in [0.2, 0.25) is 0 Å². The van der Waals surface area contributed by atoms with Crippen molar-refractivity contribution in [3.05, 3.63) is 65.9 Å². The minimum Gasteiger partial charge on any atom is -0.505 e. The molecule has 1 aromatic heterocycles. The van der Waals surface area contributed by atoms with Crippen molar-refractivity contribution in [2.24, 2.45) is 5.10 Å². The number of phenols is 1. The van der Waals surface area contributed by atoms with Gasteiger partial charge in [0.1, 0.15) is 6.23 Å². The van der Waals surface area contributed by atoms with E-state index in [9.17, 15) is 14.6 Å². The molecule has 7 heteroatoms. The minimum atomic E-state index is -1.03. The number of phenolic OH excluding ortho intramolecular Hbond substituents is 1. The van der Waals surface area contributed by atoms with Crippen molar-refractivity contribution in [1.29, 1.82) is 0 Å². The molecule has 0 saturated carbocycles. The Labute approximate surface area is 151 Å². The van der Waals surface area contributed by atoms with Crippen molar-refractivity contribution in [3.8, 4) is 5.75 Å². The van der Waals surface area contributed by atoms with Crippen LogP contribution in [0.1, 0.15) is 18.1 Å². The fourth-order valence-electron chi connectivity index (χ4n) is 2.31. The van der Waals surface area contributed by atoms with Gasteiger partial charge in [0.2, 0.25) is 0 Å². The standard InChI is InChI=1S/C19H21FN4O2/c1-13(12-24(3)21-2)16-8-9-22-11-14(16)4-7-19(26)23-15-5-6-17(20)18(25)10-15/h4-12,19,23,25-26H,2H2,1,3H3/b7-4+,13-12+. The Morgan fingerprint density at radius 1 is 1.42 bits per heavy atom. The second-order valence-corrected chi connectivity index (χ2v) is 5.60. The van der Waals surface area contributed by atoms with Gasteiger partial charge in [0.05, 0.1) is 0 Å². The largest absolute Gasteiger partial charge is 0.505 e. The summed E-state index contributed by atoms with van der Waals surface area (Å²) in [4.78, 5) is 4.11. The Morgan fingerprint density at radius 2 is 2.19 bits per heavy atom. The number of hydrogen-bond donors (Lipinski definition) is 3. The Bertz CT molecular complexity index is 836. The van der Waals surface area contributed by atoms with Crippen LogP contribution in [0.5, 0.6) is 5.75 Å². The summed E-state index contributed by atoms with van der Waals surface area (Å²) in [5.74, 6) is -1.21. The van der Waals surface area contributed by atoms with Crippen LogP contribution in [-0.4, -0.2) is 40.2 Å². The normalized spacial score (nSPS) is 12.8. The van der Waals surface area contributed by atoms with Gasteiger partial charge in [-0.15, -0.1) is 0 Å². The topological polar surface area (TPSA) is 81.0 Å². The summed E-state index contributed by atoms with van der Waals surface area (Å²) in [5.41, 5.74) is 3.08. The second kappa shape index (κ2) is 8.77. The summed E-state index contributed by atoms with van der Waals surface area (Å²) in [5, 5.41) is 27.6. The van der Waals surface area contributed by atoms with Gasteiger partial charge >= 0.3 is 0 Å². The van der Waals surface area contributed by atoms with Crippen LogP contribution in [0, 0.1) is 5.82 Å². The van der Waals surface area contributed by atoms with Gasteiger partial charge in [0.15, 0.2) is 11.6 Å². The van der Waals surface area contributed by atoms with Crippen molar-refractivity contribution < 1.29 is 14.6 Å². The summed E-state index contributed by atoms with van der Waals surface area (Å²) in [6, 6.07) is 5.60. The lowest BCUT2D eigenvalue weighted by Gasteiger charge is -2.12.